The molecule has 0 spiro atoms. The van der Waals surface area contributed by atoms with Crippen molar-refractivity contribution in [1.29, 1.82) is 0 Å². The highest BCUT2D eigenvalue weighted by Crippen LogP contribution is 2.19. The van der Waals surface area contributed by atoms with E-state index >= 15 is 0 Å². The molecule has 0 aliphatic carbocycles. The van der Waals surface area contributed by atoms with E-state index in [4.69, 9.17) is 10.5 Å². The summed E-state index contributed by atoms with van der Waals surface area (Å²) in [5.41, 5.74) is 6.53. The summed E-state index contributed by atoms with van der Waals surface area (Å²) in [6.07, 6.45) is 1.57. The first-order chi connectivity index (χ1) is 9.10. The first-order valence-electron chi connectivity index (χ1n) is 5.66. The minimum absolute atomic E-state index is 0.246. The van der Waals surface area contributed by atoms with Crippen LogP contribution in [0.3, 0.4) is 0 Å². The van der Waals surface area contributed by atoms with Gasteiger partial charge in [0.25, 0.3) is 5.91 Å². The number of nitrogens with one attached hydrogen (secondary N) is 1. The van der Waals surface area contributed by atoms with Crippen LogP contribution in [-0.4, -0.2) is 27.8 Å². The third-order valence-electron chi connectivity index (χ3n) is 2.56. The molecule has 7 nitrogen and oxygen atoms in total. The van der Waals surface area contributed by atoms with Crippen molar-refractivity contribution in [3.63, 3.8) is 0 Å². The molecule has 1 amide bonds. The maximum absolute atomic E-state index is 12.0. The first kappa shape index (κ1) is 12.9. The molecule has 1 aromatic heterocycles. The fourth-order valence-corrected chi connectivity index (χ4v) is 1.58. The van der Waals surface area contributed by atoms with Crippen molar-refractivity contribution in [3.8, 4) is 5.75 Å². The number of ether oxygens (including phenoxy) is 1. The normalized spacial score (nSPS) is 10.2. The van der Waals surface area contributed by atoms with Crippen LogP contribution in [0, 0.1) is 0 Å². The van der Waals surface area contributed by atoms with Gasteiger partial charge in [0.2, 0.25) is 0 Å². The zero-order valence-corrected chi connectivity index (χ0v) is 10.8. The van der Waals surface area contributed by atoms with Crippen LogP contribution in [0.5, 0.6) is 5.75 Å². The lowest BCUT2D eigenvalue weighted by Gasteiger charge is -2.08. The van der Waals surface area contributed by atoms with E-state index in [1.54, 1.807) is 36.3 Å². The van der Waals surface area contributed by atoms with Crippen LogP contribution in [0.25, 0.3) is 0 Å². The zero-order valence-electron chi connectivity index (χ0n) is 10.8. The molecule has 2 rings (SSSR count). The third kappa shape index (κ3) is 3.01. The summed E-state index contributed by atoms with van der Waals surface area (Å²) >= 11 is 0. The Kier molecular flexibility index (Phi) is 3.65. The Hall–Kier alpha value is -2.57. The van der Waals surface area contributed by atoms with Crippen molar-refractivity contribution in [1.82, 2.24) is 20.1 Å². The van der Waals surface area contributed by atoms with Gasteiger partial charge in [-0.15, -0.1) is 0 Å². The monoisotopic (exact) mass is 261 g/mol. The van der Waals surface area contributed by atoms with Crippen molar-refractivity contribution in [3.05, 3.63) is 35.9 Å². The van der Waals surface area contributed by atoms with Gasteiger partial charge in [0.15, 0.2) is 5.82 Å². The molecule has 2 aromatic rings. The smallest absolute Gasteiger partial charge is 0.253 e. The molecule has 19 heavy (non-hydrogen) atoms. The summed E-state index contributed by atoms with van der Waals surface area (Å²) in [5.74, 6) is 0.830. The summed E-state index contributed by atoms with van der Waals surface area (Å²) in [6, 6.07) is 4.93. The van der Waals surface area contributed by atoms with Crippen LogP contribution < -0.4 is 15.8 Å². The second-order valence-electron chi connectivity index (χ2n) is 3.97. The molecule has 3 N–H and O–H groups in total. The number of methoxy groups -OCH3 is 1. The number of hydrogen-bond donors (Lipinski definition) is 2. The molecule has 0 aliphatic rings. The molecule has 0 saturated heterocycles. The number of aryl methyl sites for hydroxylation is 1. The quantitative estimate of drug-likeness (QED) is 0.774. The van der Waals surface area contributed by atoms with Crippen LogP contribution in [-0.2, 0) is 13.6 Å². The number of anilines is 1. The number of benzene rings is 1. The average Bonchev–Trinajstić information content (AvgIpc) is 2.82. The summed E-state index contributed by atoms with van der Waals surface area (Å²) < 4.78 is 6.63. The summed E-state index contributed by atoms with van der Waals surface area (Å²) in [5, 5.41) is 6.78. The molecule has 1 aromatic carbocycles. The molecule has 0 unspecified atom stereocenters. The van der Waals surface area contributed by atoms with E-state index in [1.165, 1.54) is 7.11 Å². The van der Waals surface area contributed by atoms with Gasteiger partial charge in [-0.2, -0.15) is 5.10 Å². The number of hydrogen-bond acceptors (Lipinski definition) is 5. The highest BCUT2D eigenvalue weighted by Gasteiger charge is 2.11. The van der Waals surface area contributed by atoms with Crippen molar-refractivity contribution >= 4 is 11.6 Å². The highest BCUT2D eigenvalue weighted by molar-refractivity contribution is 5.99. The van der Waals surface area contributed by atoms with Crippen LogP contribution in [0.4, 0.5) is 5.69 Å². The van der Waals surface area contributed by atoms with Crippen LogP contribution >= 0.6 is 0 Å². The summed E-state index contributed by atoms with van der Waals surface area (Å²) in [6.45, 7) is 0.246. The Morgan fingerprint density at radius 3 is 2.95 bits per heavy atom. The number of aromatic nitrogens is 3. The molecule has 1 heterocycles. The van der Waals surface area contributed by atoms with Gasteiger partial charge in [-0.1, -0.05) is 0 Å². The number of nitrogens with two attached hydrogens (primary N) is 1. The maximum Gasteiger partial charge on any atom is 0.253 e. The maximum atomic E-state index is 12.0. The number of amides is 1. The topological polar surface area (TPSA) is 95.1 Å². The lowest BCUT2D eigenvalue weighted by atomic mass is 10.1. The van der Waals surface area contributed by atoms with Gasteiger partial charge < -0.3 is 15.8 Å². The summed E-state index contributed by atoms with van der Waals surface area (Å²) in [4.78, 5) is 16.0. The zero-order chi connectivity index (χ0) is 13.8. The Morgan fingerprint density at radius 1 is 1.53 bits per heavy atom. The number of rotatable bonds is 4. The largest absolute Gasteiger partial charge is 0.497 e. The van der Waals surface area contributed by atoms with E-state index in [-0.39, 0.29) is 12.5 Å². The Labute approximate surface area is 110 Å². The molecule has 0 bridgehead atoms. The van der Waals surface area contributed by atoms with E-state index in [1.807, 2.05) is 0 Å². The Balaban J connectivity index is 2.07. The minimum atomic E-state index is -0.288. The molecule has 0 aliphatic heterocycles. The molecular weight excluding hydrogens is 246 g/mol. The van der Waals surface area contributed by atoms with Crippen LogP contribution in [0.1, 0.15) is 16.2 Å². The van der Waals surface area contributed by atoms with Gasteiger partial charge in [-0.3, -0.25) is 9.48 Å². The lowest BCUT2D eigenvalue weighted by molar-refractivity contribution is 0.0950. The van der Waals surface area contributed by atoms with E-state index in [2.05, 4.69) is 15.4 Å². The van der Waals surface area contributed by atoms with Crippen molar-refractivity contribution < 1.29 is 9.53 Å². The highest BCUT2D eigenvalue weighted by atomic mass is 16.5. The SMILES string of the molecule is COc1ccc(N)c(C(=O)NCc2ncn(C)n2)c1. The Bertz CT molecular complexity index is 594. The Morgan fingerprint density at radius 2 is 2.32 bits per heavy atom. The molecular formula is C12H15N5O2. The van der Waals surface area contributed by atoms with Gasteiger partial charge >= 0.3 is 0 Å². The third-order valence-corrected chi connectivity index (χ3v) is 2.56. The predicted octanol–water partition coefficient (Wildman–Crippen LogP) is 0.336. The number of carbonyl (C=O) groups excluding carboxylic acids is 1. The van der Waals surface area contributed by atoms with E-state index in [0.29, 0.717) is 22.8 Å². The summed E-state index contributed by atoms with van der Waals surface area (Å²) in [7, 11) is 3.30. The van der Waals surface area contributed by atoms with Crippen molar-refractivity contribution in [2.24, 2.45) is 7.05 Å². The van der Waals surface area contributed by atoms with Crippen molar-refractivity contribution in [2.75, 3.05) is 12.8 Å². The van der Waals surface area contributed by atoms with E-state index in [9.17, 15) is 4.79 Å². The molecule has 0 saturated carbocycles. The molecule has 7 heteroatoms. The second-order valence-corrected chi connectivity index (χ2v) is 3.97. The van der Waals surface area contributed by atoms with Gasteiger partial charge in [-0.05, 0) is 18.2 Å². The van der Waals surface area contributed by atoms with Crippen molar-refractivity contribution in [2.45, 2.75) is 6.54 Å². The molecule has 0 fully saturated rings. The standard InChI is InChI=1S/C12H15N5O2/c1-17-7-15-11(16-17)6-14-12(18)9-5-8(19-2)3-4-10(9)13/h3-5,7H,6,13H2,1-2H3,(H,14,18). The van der Waals surface area contributed by atoms with Gasteiger partial charge in [-0.25, -0.2) is 4.98 Å². The fraction of sp³-hybridized carbons (Fsp3) is 0.250. The van der Waals surface area contributed by atoms with E-state index < -0.39 is 0 Å². The fourth-order valence-electron chi connectivity index (χ4n) is 1.58. The number of carbonyl (C=O) groups is 1. The average molecular weight is 261 g/mol. The van der Waals surface area contributed by atoms with Gasteiger partial charge in [0.05, 0.1) is 19.2 Å². The minimum Gasteiger partial charge on any atom is -0.497 e. The molecule has 100 valence electrons. The van der Waals surface area contributed by atoms with Gasteiger partial charge in [0, 0.05) is 12.7 Å². The number of nitrogen functional groups attached to an aromatic ring is 1. The second kappa shape index (κ2) is 5.38. The molecule has 0 atom stereocenters. The number of nitrogens with zero attached hydrogens (tertiary/aromatic N) is 3. The first-order valence-corrected chi connectivity index (χ1v) is 5.66. The van der Waals surface area contributed by atoms with Gasteiger partial charge in [0.1, 0.15) is 12.1 Å². The molecule has 0 radical (unpaired) electrons. The van der Waals surface area contributed by atoms with Crippen LogP contribution in [0.15, 0.2) is 24.5 Å². The van der Waals surface area contributed by atoms with E-state index in [0.717, 1.165) is 0 Å². The lowest BCUT2D eigenvalue weighted by Crippen LogP contribution is -2.24. The predicted molar refractivity (Wildman–Crippen MR) is 69.6 cm³/mol. The van der Waals surface area contributed by atoms with Crippen LogP contribution in [0.2, 0.25) is 0 Å².